The Morgan fingerprint density at radius 3 is 2.96 bits per heavy atom. The topological polar surface area (TPSA) is 59.2 Å². The molecule has 5 nitrogen and oxygen atoms in total. The molecule has 1 atom stereocenters. The third-order valence-corrected chi connectivity index (χ3v) is 4.32. The Morgan fingerprint density at radius 2 is 2.30 bits per heavy atom. The molecule has 1 unspecified atom stereocenters. The fourth-order valence-electron chi connectivity index (χ4n) is 2.33. The molecule has 1 fully saturated rings. The highest BCUT2D eigenvalue weighted by atomic mass is 32.1. The predicted molar refractivity (Wildman–Crippen MR) is 76.6 cm³/mol. The molecule has 0 aromatic carbocycles. The van der Waals surface area contributed by atoms with Crippen molar-refractivity contribution < 1.29 is 22.5 Å². The zero-order chi connectivity index (χ0) is 16.4. The van der Waals surface area contributed by atoms with Crippen molar-refractivity contribution >= 4 is 23.3 Å². The first-order valence-corrected chi connectivity index (χ1v) is 7.73. The van der Waals surface area contributed by atoms with Crippen molar-refractivity contribution in [3.05, 3.63) is 40.2 Å². The van der Waals surface area contributed by atoms with E-state index >= 15 is 0 Å². The molecule has 23 heavy (non-hydrogen) atoms. The second kappa shape index (κ2) is 6.15. The van der Waals surface area contributed by atoms with Crippen LogP contribution in [-0.2, 0) is 11.0 Å². The number of hydrogen-bond donors (Lipinski definition) is 0. The minimum absolute atomic E-state index is 0.00476. The van der Waals surface area contributed by atoms with Crippen LogP contribution < -0.4 is 0 Å². The summed E-state index contributed by atoms with van der Waals surface area (Å²) in [6.45, 7) is 0.735. The zero-order valence-electron chi connectivity index (χ0n) is 11.8. The van der Waals surface area contributed by atoms with Crippen molar-refractivity contribution in [3.63, 3.8) is 0 Å². The minimum Gasteiger partial charge on any atom is -0.338 e. The average molecular weight is 343 g/mol. The molecule has 0 N–H and O–H groups in total. The van der Waals surface area contributed by atoms with Crippen LogP contribution in [0.3, 0.4) is 0 Å². The van der Waals surface area contributed by atoms with Crippen LogP contribution in [0, 0.1) is 0 Å². The largest absolute Gasteiger partial charge is 0.471 e. The number of carbonyl (C=O) groups excluding carboxylic acids is 1. The van der Waals surface area contributed by atoms with Crippen molar-refractivity contribution in [3.8, 4) is 0 Å². The van der Waals surface area contributed by atoms with Crippen molar-refractivity contribution in [1.82, 2.24) is 15.0 Å². The number of carbonyl (C=O) groups is 1. The van der Waals surface area contributed by atoms with Gasteiger partial charge in [-0.2, -0.15) is 18.2 Å². The van der Waals surface area contributed by atoms with Crippen molar-refractivity contribution in [2.24, 2.45) is 0 Å². The molecule has 0 radical (unpaired) electrons. The number of hydrogen-bond acceptors (Lipinski definition) is 5. The summed E-state index contributed by atoms with van der Waals surface area (Å²) in [5.41, 5.74) is 0. The number of halogens is 3. The van der Waals surface area contributed by atoms with Gasteiger partial charge >= 0.3 is 12.1 Å². The van der Waals surface area contributed by atoms with E-state index in [0.717, 1.165) is 4.88 Å². The Balaban J connectivity index is 1.62. The molecular weight excluding hydrogens is 331 g/mol. The summed E-state index contributed by atoms with van der Waals surface area (Å²) in [6, 6.07) is 3.77. The fourth-order valence-corrected chi connectivity index (χ4v) is 2.95. The second-order valence-corrected chi connectivity index (χ2v) is 6.05. The molecule has 2 aromatic heterocycles. The van der Waals surface area contributed by atoms with E-state index in [1.165, 1.54) is 17.4 Å². The predicted octanol–water partition coefficient (Wildman–Crippen LogP) is 3.18. The van der Waals surface area contributed by atoms with Crippen LogP contribution in [0.15, 0.2) is 28.1 Å². The summed E-state index contributed by atoms with van der Waals surface area (Å²) in [5.74, 6) is -1.88. The lowest BCUT2D eigenvalue weighted by Gasteiger charge is -2.12. The van der Waals surface area contributed by atoms with Crippen LogP contribution in [0.4, 0.5) is 13.2 Å². The number of rotatable bonds is 3. The first kappa shape index (κ1) is 15.7. The van der Waals surface area contributed by atoms with E-state index < -0.39 is 12.1 Å². The molecule has 0 spiro atoms. The van der Waals surface area contributed by atoms with Gasteiger partial charge in [-0.1, -0.05) is 11.2 Å². The molecule has 1 aliphatic heterocycles. The van der Waals surface area contributed by atoms with E-state index in [-0.39, 0.29) is 24.2 Å². The molecule has 3 heterocycles. The highest BCUT2D eigenvalue weighted by molar-refractivity contribution is 7.10. The normalized spacial score (nSPS) is 18.9. The third-order valence-electron chi connectivity index (χ3n) is 3.48. The Morgan fingerprint density at radius 1 is 1.48 bits per heavy atom. The number of nitrogens with zero attached hydrogens (tertiary/aromatic N) is 3. The van der Waals surface area contributed by atoms with Gasteiger partial charge in [-0.25, -0.2) is 0 Å². The molecular formula is C14H12F3N3O2S. The highest BCUT2D eigenvalue weighted by Crippen LogP contribution is 2.31. The van der Waals surface area contributed by atoms with Gasteiger partial charge in [0.05, 0.1) is 0 Å². The van der Waals surface area contributed by atoms with Crippen molar-refractivity contribution in [2.45, 2.75) is 18.5 Å². The van der Waals surface area contributed by atoms with E-state index in [4.69, 9.17) is 0 Å². The van der Waals surface area contributed by atoms with Gasteiger partial charge in [0.1, 0.15) is 0 Å². The molecule has 0 aliphatic carbocycles. The Bertz CT molecular complexity index is 709. The van der Waals surface area contributed by atoms with E-state index in [0.29, 0.717) is 13.0 Å². The molecule has 1 saturated heterocycles. The third kappa shape index (κ3) is 3.61. The van der Waals surface area contributed by atoms with E-state index in [1.54, 1.807) is 11.0 Å². The molecule has 2 aromatic rings. The fraction of sp³-hybridized carbons (Fsp3) is 0.357. The van der Waals surface area contributed by atoms with Crippen LogP contribution in [0.5, 0.6) is 0 Å². The molecule has 1 aliphatic rings. The van der Waals surface area contributed by atoms with Gasteiger partial charge in [-0.05, 0) is 23.9 Å². The van der Waals surface area contributed by atoms with Gasteiger partial charge in [0.25, 0.3) is 0 Å². The maximum Gasteiger partial charge on any atom is 0.471 e. The Labute approximate surface area is 133 Å². The van der Waals surface area contributed by atoms with Gasteiger partial charge in [-0.3, -0.25) is 4.79 Å². The molecule has 0 bridgehead atoms. The summed E-state index contributed by atoms with van der Waals surface area (Å²) in [5, 5.41) is 5.29. The second-order valence-electron chi connectivity index (χ2n) is 5.07. The lowest BCUT2D eigenvalue weighted by molar-refractivity contribution is -0.159. The van der Waals surface area contributed by atoms with Crippen molar-refractivity contribution in [1.29, 1.82) is 0 Å². The molecule has 122 valence electrons. The van der Waals surface area contributed by atoms with E-state index in [2.05, 4.69) is 14.7 Å². The molecule has 1 amide bonds. The summed E-state index contributed by atoms with van der Waals surface area (Å²) in [6.07, 6.45) is -0.958. The summed E-state index contributed by atoms with van der Waals surface area (Å²) in [7, 11) is 0. The number of amides is 1. The average Bonchev–Trinajstić information content (AvgIpc) is 3.22. The van der Waals surface area contributed by atoms with Crippen LogP contribution in [0.1, 0.15) is 28.9 Å². The monoisotopic (exact) mass is 343 g/mol. The van der Waals surface area contributed by atoms with Gasteiger partial charge < -0.3 is 9.42 Å². The van der Waals surface area contributed by atoms with Crippen molar-refractivity contribution in [2.75, 3.05) is 13.1 Å². The highest BCUT2D eigenvalue weighted by Gasteiger charge is 2.40. The molecule has 3 rings (SSSR count). The SMILES string of the molecule is O=C(/C=C\c1cccs1)N1CCC(c2noc(C(F)(F)F)n2)C1. The quantitative estimate of drug-likeness (QED) is 0.803. The van der Waals surface area contributed by atoms with E-state index in [1.807, 2.05) is 17.5 Å². The van der Waals surface area contributed by atoms with Gasteiger partial charge in [-0.15, -0.1) is 11.3 Å². The maximum atomic E-state index is 12.5. The molecule has 0 saturated carbocycles. The van der Waals surface area contributed by atoms with Crippen LogP contribution in [-0.4, -0.2) is 34.0 Å². The first-order chi connectivity index (χ1) is 10.9. The van der Waals surface area contributed by atoms with Crippen LogP contribution in [0.25, 0.3) is 6.08 Å². The first-order valence-electron chi connectivity index (χ1n) is 6.85. The van der Waals surface area contributed by atoms with Gasteiger partial charge in [0.15, 0.2) is 5.82 Å². The maximum absolute atomic E-state index is 12.5. The molecule has 9 heteroatoms. The van der Waals surface area contributed by atoms with Crippen LogP contribution >= 0.6 is 11.3 Å². The van der Waals surface area contributed by atoms with E-state index in [9.17, 15) is 18.0 Å². The lowest BCUT2D eigenvalue weighted by atomic mass is 10.1. The van der Waals surface area contributed by atoms with Gasteiger partial charge in [0.2, 0.25) is 5.91 Å². The number of likely N-dealkylation sites (tertiary alicyclic amines) is 1. The summed E-state index contributed by atoms with van der Waals surface area (Å²) in [4.78, 5) is 18.0. The number of alkyl halides is 3. The van der Waals surface area contributed by atoms with Crippen LogP contribution in [0.2, 0.25) is 0 Å². The summed E-state index contributed by atoms with van der Waals surface area (Å²) < 4.78 is 41.6. The Kier molecular flexibility index (Phi) is 4.20. The number of thiophene rings is 1. The smallest absolute Gasteiger partial charge is 0.338 e. The zero-order valence-corrected chi connectivity index (χ0v) is 12.6. The van der Waals surface area contributed by atoms with Gasteiger partial charge in [0, 0.05) is 30.0 Å². The number of aromatic nitrogens is 2. The summed E-state index contributed by atoms with van der Waals surface area (Å²) >= 11 is 1.51. The lowest BCUT2D eigenvalue weighted by Crippen LogP contribution is -2.26. The Hall–Kier alpha value is -2.16. The standard InChI is InChI=1S/C14H12F3N3O2S/c15-14(16,17)13-18-12(19-22-13)9-5-6-20(8-9)11(21)4-3-10-2-1-7-23-10/h1-4,7,9H,5-6,8H2/b4-3-. The minimum atomic E-state index is -4.65.